The Hall–Kier alpha value is -2.40. The molecular weight excluding hydrogens is 585 g/mol. The minimum atomic E-state index is -3.21. The number of carbonyl (C=O) groups excluding carboxylic acids is 1. The summed E-state index contributed by atoms with van der Waals surface area (Å²) in [5.41, 5.74) is 3.99. The molecule has 1 aliphatic heterocycles. The molecule has 0 aromatic heterocycles. The zero-order valence-corrected chi connectivity index (χ0v) is 27.2. The fourth-order valence-electron chi connectivity index (χ4n) is 6.29. The number of hydrogen-bond donors (Lipinski definition) is 2. The number of aliphatic carboxylic acids is 1. The van der Waals surface area contributed by atoms with Gasteiger partial charge in [0.05, 0.1) is 11.9 Å². The van der Waals surface area contributed by atoms with Gasteiger partial charge in [-0.05, 0) is 84.9 Å². The van der Waals surface area contributed by atoms with Crippen molar-refractivity contribution in [2.24, 2.45) is 5.92 Å². The van der Waals surface area contributed by atoms with Gasteiger partial charge in [0.25, 0.3) is 5.91 Å². The molecule has 0 unspecified atom stereocenters. The normalized spacial score (nSPS) is 20.6. The quantitative estimate of drug-likeness (QED) is 0.294. The van der Waals surface area contributed by atoms with Crippen LogP contribution >= 0.6 is 11.8 Å². The molecule has 0 radical (unpaired) electrons. The highest BCUT2D eigenvalue weighted by molar-refractivity contribution is 7.98. The van der Waals surface area contributed by atoms with Crippen LogP contribution in [-0.4, -0.2) is 85.7 Å². The van der Waals surface area contributed by atoms with Crippen molar-refractivity contribution >= 4 is 33.5 Å². The van der Waals surface area contributed by atoms with E-state index < -0.39 is 33.0 Å². The first-order valence-electron chi connectivity index (χ1n) is 15.3. The molecule has 43 heavy (non-hydrogen) atoms. The number of carboxylic acid groups (broad SMARTS) is 1. The van der Waals surface area contributed by atoms with Crippen LogP contribution in [0.3, 0.4) is 0 Å². The van der Waals surface area contributed by atoms with Gasteiger partial charge in [-0.15, -0.1) is 0 Å². The summed E-state index contributed by atoms with van der Waals surface area (Å²) in [6.07, 6.45) is 10.3. The van der Waals surface area contributed by atoms with E-state index in [-0.39, 0.29) is 6.04 Å². The van der Waals surface area contributed by atoms with Crippen LogP contribution < -0.4 is 5.32 Å². The van der Waals surface area contributed by atoms with E-state index in [1.165, 1.54) is 50.1 Å². The monoisotopic (exact) mass is 630 g/mol. The second-order valence-corrected chi connectivity index (χ2v) is 15.5. The zero-order chi connectivity index (χ0) is 31.0. The lowest BCUT2D eigenvalue weighted by Gasteiger charge is -2.27. The Bertz CT molecular complexity index is 1360. The maximum Gasteiger partial charge on any atom is 0.326 e. The average Bonchev–Trinajstić information content (AvgIpc) is 3.39. The molecule has 10 heteroatoms. The number of hydrogen-bond acceptors (Lipinski definition) is 7. The Morgan fingerprint density at radius 3 is 2.51 bits per heavy atom. The molecule has 1 aliphatic carbocycles. The fourth-order valence-corrected chi connectivity index (χ4v) is 7.79. The fraction of sp³-hybridized carbons (Fsp3) is 0.576. The molecule has 1 amide bonds. The summed E-state index contributed by atoms with van der Waals surface area (Å²) in [7, 11) is -3.21. The summed E-state index contributed by atoms with van der Waals surface area (Å²) >= 11 is 1.54. The first kappa shape index (κ1) is 33.5. The number of sulfone groups is 1. The number of likely N-dealkylation sites (tertiary alicyclic amines) is 1. The number of thioether (sulfide) groups is 1. The van der Waals surface area contributed by atoms with Crippen LogP contribution in [0.4, 0.5) is 0 Å². The van der Waals surface area contributed by atoms with Gasteiger partial charge >= 0.3 is 5.97 Å². The van der Waals surface area contributed by atoms with E-state index in [0.717, 1.165) is 28.9 Å². The van der Waals surface area contributed by atoms with Gasteiger partial charge in [0, 0.05) is 37.6 Å². The average molecular weight is 631 g/mol. The third kappa shape index (κ3) is 9.30. The molecule has 3 atom stereocenters. The highest BCUT2D eigenvalue weighted by atomic mass is 32.2. The van der Waals surface area contributed by atoms with Gasteiger partial charge in [0.1, 0.15) is 6.04 Å². The summed E-state index contributed by atoms with van der Waals surface area (Å²) in [4.78, 5) is 27.5. The number of ether oxygens (including phenoxy) is 1. The molecule has 2 N–H and O–H groups in total. The van der Waals surface area contributed by atoms with Gasteiger partial charge in [-0.3, -0.25) is 9.69 Å². The molecule has 1 saturated heterocycles. The standard InChI is InChI=1S/C33H46N2O6S2/c1-23-9-7-8-12-28(23)30-17-25(13-14-29(30)32(36)34-31(33(37)38)15-16-42-2)19-35-20-27(43(3,39)40)18-26(35)22-41-21-24-10-5-4-6-11-24/h7-9,12-14,17,24,26-27,31H,4-6,10-11,15-16,18-22H2,1-3H3,(H,34,36)(H,37,38)/t26-,27-,31-/m1/s1. The summed E-state index contributed by atoms with van der Waals surface area (Å²) in [6, 6.07) is 12.5. The van der Waals surface area contributed by atoms with E-state index >= 15 is 0 Å². The first-order valence-corrected chi connectivity index (χ1v) is 18.6. The van der Waals surface area contributed by atoms with Crippen LogP contribution in [-0.2, 0) is 25.9 Å². The molecule has 236 valence electrons. The maximum absolute atomic E-state index is 13.5. The molecule has 4 rings (SSSR count). The van der Waals surface area contributed by atoms with Crippen molar-refractivity contribution in [3.8, 4) is 11.1 Å². The molecule has 2 aromatic carbocycles. The molecular formula is C33H46N2O6S2. The van der Waals surface area contributed by atoms with Gasteiger partial charge in [-0.1, -0.05) is 49.6 Å². The van der Waals surface area contributed by atoms with Gasteiger partial charge in [0.15, 0.2) is 9.84 Å². The number of nitrogens with zero attached hydrogens (tertiary/aromatic N) is 1. The summed E-state index contributed by atoms with van der Waals surface area (Å²) in [5.74, 6) is -0.268. The van der Waals surface area contributed by atoms with Crippen LogP contribution in [0.25, 0.3) is 11.1 Å². The van der Waals surface area contributed by atoms with Gasteiger partial charge in [-0.25, -0.2) is 13.2 Å². The third-order valence-electron chi connectivity index (χ3n) is 8.85. The topological polar surface area (TPSA) is 113 Å². The Labute approximate surface area is 260 Å². The maximum atomic E-state index is 13.5. The predicted octanol–water partition coefficient (Wildman–Crippen LogP) is 5.18. The Kier molecular flexibility index (Phi) is 12.1. The minimum Gasteiger partial charge on any atom is -0.480 e. The lowest BCUT2D eigenvalue weighted by molar-refractivity contribution is -0.139. The van der Waals surface area contributed by atoms with Crippen molar-refractivity contribution in [1.29, 1.82) is 0 Å². The number of amides is 1. The van der Waals surface area contributed by atoms with Crippen LogP contribution in [0.5, 0.6) is 0 Å². The second kappa shape index (κ2) is 15.5. The predicted molar refractivity (Wildman–Crippen MR) is 173 cm³/mol. The molecule has 2 aromatic rings. The van der Waals surface area contributed by atoms with Crippen molar-refractivity contribution < 1.29 is 27.9 Å². The van der Waals surface area contributed by atoms with Crippen LogP contribution in [0.1, 0.15) is 66.4 Å². The number of carboxylic acids is 1. The van der Waals surface area contributed by atoms with E-state index in [9.17, 15) is 23.1 Å². The lowest BCUT2D eigenvalue weighted by atomic mass is 9.90. The molecule has 1 saturated carbocycles. The van der Waals surface area contributed by atoms with E-state index in [4.69, 9.17) is 4.74 Å². The van der Waals surface area contributed by atoms with Crippen molar-refractivity contribution in [2.45, 2.75) is 75.7 Å². The van der Waals surface area contributed by atoms with Crippen molar-refractivity contribution in [1.82, 2.24) is 10.2 Å². The van der Waals surface area contributed by atoms with Gasteiger partial charge < -0.3 is 15.2 Å². The summed E-state index contributed by atoms with van der Waals surface area (Å²) < 4.78 is 31.3. The molecule has 0 bridgehead atoms. The number of nitrogens with one attached hydrogen (secondary N) is 1. The summed E-state index contributed by atoms with van der Waals surface area (Å²) in [6.45, 7) is 4.17. The van der Waals surface area contributed by atoms with Crippen molar-refractivity contribution in [3.63, 3.8) is 0 Å². The van der Waals surface area contributed by atoms with E-state index in [1.807, 2.05) is 49.6 Å². The van der Waals surface area contributed by atoms with E-state index in [2.05, 4.69) is 10.2 Å². The largest absolute Gasteiger partial charge is 0.480 e. The highest BCUT2D eigenvalue weighted by Gasteiger charge is 2.37. The second-order valence-electron chi connectivity index (χ2n) is 12.2. The Balaban J connectivity index is 1.57. The lowest BCUT2D eigenvalue weighted by Crippen LogP contribution is -2.41. The number of aryl methyl sites for hydroxylation is 1. The summed E-state index contributed by atoms with van der Waals surface area (Å²) in [5, 5.41) is 12.0. The number of rotatable bonds is 14. The molecule has 2 aliphatic rings. The molecule has 0 spiro atoms. The Morgan fingerprint density at radius 2 is 1.84 bits per heavy atom. The molecule has 2 fully saturated rings. The Morgan fingerprint density at radius 1 is 1.09 bits per heavy atom. The molecule has 1 heterocycles. The SMILES string of the molecule is CSCC[C@@H](NC(=O)c1ccc(CN2C[C@H](S(C)(=O)=O)C[C@@H]2COCC2CCCCC2)cc1-c1ccccc1C)C(=O)O. The van der Waals surface area contributed by atoms with Gasteiger partial charge in [0.2, 0.25) is 0 Å². The van der Waals surface area contributed by atoms with Crippen molar-refractivity contribution in [2.75, 3.05) is 38.0 Å². The van der Waals surface area contributed by atoms with Crippen molar-refractivity contribution in [3.05, 3.63) is 59.2 Å². The van der Waals surface area contributed by atoms with Crippen LogP contribution in [0.15, 0.2) is 42.5 Å². The van der Waals surface area contributed by atoms with Crippen LogP contribution in [0, 0.1) is 12.8 Å². The van der Waals surface area contributed by atoms with E-state index in [0.29, 0.717) is 49.8 Å². The smallest absolute Gasteiger partial charge is 0.326 e. The number of carbonyl (C=O) groups is 2. The number of benzene rings is 2. The third-order valence-corrected chi connectivity index (χ3v) is 11.0. The van der Waals surface area contributed by atoms with E-state index in [1.54, 1.807) is 6.07 Å². The van der Waals surface area contributed by atoms with Gasteiger partial charge in [-0.2, -0.15) is 11.8 Å². The molecule has 8 nitrogen and oxygen atoms in total. The highest BCUT2D eigenvalue weighted by Crippen LogP contribution is 2.31. The first-order chi connectivity index (χ1) is 20.6. The minimum absolute atomic E-state index is 0.0130. The zero-order valence-electron chi connectivity index (χ0n) is 25.6. The van der Waals surface area contributed by atoms with Crippen LogP contribution in [0.2, 0.25) is 0 Å².